The third kappa shape index (κ3) is 2.70. The van der Waals surface area contributed by atoms with Gasteiger partial charge in [0.1, 0.15) is 11.0 Å². The molecule has 2 N–H and O–H groups in total. The molecular formula is C30H25Cl2N3O3. The van der Waals surface area contributed by atoms with Crippen molar-refractivity contribution in [3.8, 4) is 0 Å². The molecule has 192 valence electrons. The van der Waals surface area contributed by atoms with Gasteiger partial charge in [0.25, 0.3) is 5.91 Å². The van der Waals surface area contributed by atoms with Crippen LogP contribution in [0.15, 0.2) is 60.7 Å². The van der Waals surface area contributed by atoms with E-state index in [1.54, 1.807) is 18.2 Å². The molecule has 6 nitrogen and oxygen atoms in total. The molecule has 4 aliphatic heterocycles. The molecule has 0 radical (unpaired) electrons. The molecule has 2 amide bonds. The topological polar surface area (TPSA) is 78.5 Å². The van der Waals surface area contributed by atoms with Crippen molar-refractivity contribution in [2.75, 3.05) is 17.2 Å². The zero-order chi connectivity index (χ0) is 26.4. The standard InChI is InChI=1S/C30H25Cl2N3O3/c1-2-16-9-12-23-20(14-16)30(28(38)34-23)29(19-6-3-4-7-22(19)33-27(29)37)25(24-8-5-13-35(24)30)26(36)18-11-10-17(31)15-21(18)32/h3-4,6-7,9-12,14-15,24-25H,2,5,8,13H2,1H3,(H,33,37)(H,34,38). The van der Waals surface area contributed by atoms with E-state index >= 15 is 0 Å². The molecule has 0 aliphatic carbocycles. The normalized spacial score (nSPS) is 28.9. The summed E-state index contributed by atoms with van der Waals surface area (Å²) in [6.07, 6.45) is 2.29. The molecule has 8 heteroatoms. The van der Waals surface area contributed by atoms with Gasteiger partial charge in [0.15, 0.2) is 5.78 Å². The van der Waals surface area contributed by atoms with Gasteiger partial charge >= 0.3 is 0 Å². The number of hydrogen-bond donors (Lipinski definition) is 2. The van der Waals surface area contributed by atoms with Crippen LogP contribution in [0, 0.1) is 5.92 Å². The van der Waals surface area contributed by atoms with Gasteiger partial charge < -0.3 is 10.6 Å². The lowest BCUT2D eigenvalue weighted by atomic mass is 9.57. The van der Waals surface area contributed by atoms with Gasteiger partial charge in [-0.1, -0.05) is 60.5 Å². The highest BCUT2D eigenvalue weighted by Crippen LogP contribution is 2.68. The lowest BCUT2D eigenvalue weighted by molar-refractivity contribution is -0.137. The molecule has 3 aromatic carbocycles. The second kappa shape index (κ2) is 8.15. The van der Waals surface area contributed by atoms with Crippen LogP contribution in [0.4, 0.5) is 11.4 Å². The number of Topliss-reactive ketones (excluding diaryl/α,β-unsaturated/α-hetero) is 1. The molecule has 0 bridgehead atoms. The van der Waals surface area contributed by atoms with E-state index in [2.05, 4.69) is 22.5 Å². The van der Waals surface area contributed by atoms with Crippen LogP contribution >= 0.6 is 23.2 Å². The number of fused-ring (bicyclic) bond motifs is 7. The van der Waals surface area contributed by atoms with E-state index in [0.717, 1.165) is 24.0 Å². The van der Waals surface area contributed by atoms with E-state index in [0.29, 0.717) is 40.5 Å². The molecule has 2 fully saturated rings. The van der Waals surface area contributed by atoms with Crippen LogP contribution in [0.5, 0.6) is 0 Å². The van der Waals surface area contributed by atoms with Gasteiger partial charge in [0, 0.05) is 33.6 Å². The number of para-hydroxylation sites is 1. The molecule has 4 atom stereocenters. The first-order chi connectivity index (χ1) is 18.3. The number of amides is 2. The Labute approximate surface area is 230 Å². The van der Waals surface area contributed by atoms with E-state index in [9.17, 15) is 14.4 Å². The second-order valence-corrected chi connectivity index (χ2v) is 11.4. The zero-order valence-electron chi connectivity index (χ0n) is 20.7. The number of ketones is 1. The van der Waals surface area contributed by atoms with Crippen LogP contribution in [-0.4, -0.2) is 35.1 Å². The minimum absolute atomic E-state index is 0.236. The van der Waals surface area contributed by atoms with E-state index < -0.39 is 16.9 Å². The lowest BCUT2D eigenvalue weighted by Crippen LogP contribution is -2.62. The van der Waals surface area contributed by atoms with Gasteiger partial charge in [-0.2, -0.15) is 0 Å². The Bertz CT molecular complexity index is 1570. The van der Waals surface area contributed by atoms with Gasteiger partial charge in [-0.3, -0.25) is 19.3 Å². The zero-order valence-corrected chi connectivity index (χ0v) is 22.2. The summed E-state index contributed by atoms with van der Waals surface area (Å²) in [5.41, 5.74) is 1.25. The fraction of sp³-hybridized carbons (Fsp3) is 0.300. The van der Waals surface area contributed by atoms with E-state index in [-0.39, 0.29) is 28.7 Å². The van der Waals surface area contributed by atoms with Crippen LogP contribution in [0.25, 0.3) is 0 Å². The Kier molecular flexibility index (Phi) is 5.13. The number of aryl methyl sites for hydroxylation is 1. The maximum Gasteiger partial charge on any atom is 0.251 e. The predicted molar refractivity (Wildman–Crippen MR) is 147 cm³/mol. The molecule has 2 spiro atoms. The highest BCUT2D eigenvalue weighted by atomic mass is 35.5. The summed E-state index contributed by atoms with van der Waals surface area (Å²) in [5, 5.41) is 6.82. The van der Waals surface area contributed by atoms with Crippen molar-refractivity contribution in [3.63, 3.8) is 0 Å². The molecular weight excluding hydrogens is 521 g/mol. The van der Waals surface area contributed by atoms with Crippen molar-refractivity contribution in [1.29, 1.82) is 0 Å². The Hall–Kier alpha value is -3.19. The maximum atomic E-state index is 14.7. The Morgan fingerprint density at radius 2 is 1.74 bits per heavy atom. The van der Waals surface area contributed by atoms with Gasteiger partial charge in [-0.25, -0.2) is 0 Å². The number of benzene rings is 3. The first-order valence-electron chi connectivity index (χ1n) is 13.0. The number of halogens is 2. The average molecular weight is 546 g/mol. The van der Waals surface area contributed by atoms with Gasteiger partial charge in [-0.05, 0) is 67.3 Å². The first kappa shape index (κ1) is 23.9. The molecule has 2 saturated heterocycles. The Balaban J connectivity index is 1.59. The number of hydrogen-bond acceptors (Lipinski definition) is 4. The lowest BCUT2D eigenvalue weighted by Gasteiger charge is -2.43. The minimum Gasteiger partial charge on any atom is -0.325 e. The van der Waals surface area contributed by atoms with Crippen molar-refractivity contribution in [3.05, 3.63) is 93.0 Å². The third-order valence-corrected chi connectivity index (χ3v) is 9.60. The summed E-state index contributed by atoms with van der Waals surface area (Å²) in [5.74, 6) is -1.69. The molecule has 3 aromatic rings. The quantitative estimate of drug-likeness (QED) is 0.421. The number of nitrogens with zero attached hydrogens (tertiary/aromatic N) is 1. The second-order valence-electron chi connectivity index (χ2n) is 10.6. The van der Waals surface area contributed by atoms with Crippen LogP contribution in [-0.2, 0) is 27.0 Å². The molecule has 4 aliphatic rings. The smallest absolute Gasteiger partial charge is 0.251 e. The molecule has 4 unspecified atom stereocenters. The number of carbonyl (C=O) groups excluding carboxylic acids is 3. The molecule has 4 heterocycles. The Morgan fingerprint density at radius 3 is 2.53 bits per heavy atom. The third-order valence-electron chi connectivity index (χ3n) is 9.05. The van der Waals surface area contributed by atoms with E-state index in [4.69, 9.17) is 23.2 Å². The van der Waals surface area contributed by atoms with Crippen molar-refractivity contribution >= 4 is 52.2 Å². The predicted octanol–water partition coefficient (Wildman–Crippen LogP) is 5.57. The van der Waals surface area contributed by atoms with Gasteiger partial charge in [0.05, 0.1) is 10.9 Å². The summed E-state index contributed by atoms with van der Waals surface area (Å²) in [6.45, 7) is 2.66. The van der Waals surface area contributed by atoms with Crippen molar-refractivity contribution in [1.82, 2.24) is 4.90 Å². The average Bonchev–Trinajstić information content (AvgIpc) is 3.62. The number of rotatable bonds is 3. The van der Waals surface area contributed by atoms with Gasteiger partial charge in [0.2, 0.25) is 5.91 Å². The van der Waals surface area contributed by atoms with Crippen LogP contribution in [0.2, 0.25) is 10.0 Å². The maximum absolute atomic E-state index is 14.7. The van der Waals surface area contributed by atoms with Crippen LogP contribution in [0.1, 0.15) is 46.8 Å². The number of carbonyl (C=O) groups is 3. The molecule has 0 aromatic heterocycles. The van der Waals surface area contributed by atoms with Crippen molar-refractivity contribution in [2.24, 2.45) is 5.92 Å². The van der Waals surface area contributed by atoms with Crippen LogP contribution < -0.4 is 10.6 Å². The monoisotopic (exact) mass is 545 g/mol. The molecule has 0 saturated carbocycles. The largest absolute Gasteiger partial charge is 0.325 e. The molecule has 38 heavy (non-hydrogen) atoms. The van der Waals surface area contributed by atoms with E-state index in [1.165, 1.54) is 0 Å². The summed E-state index contributed by atoms with van der Waals surface area (Å²) in [6, 6.07) is 17.9. The highest BCUT2D eigenvalue weighted by Gasteiger charge is 2.81. The van der Waals surface area contributed by atoms with Crippen LogP contribution in [0.3, 0.4) is 0 Å². The number of nitrogens with one attached hydrogen (secondary N) is 2. The fourth-order valence-corrected chi connectivity index (χ4v) is 8.20. The van der Waals surface area contributed by atoms with E-state index in [1.807, 2.05) is 42.5 Å². The van der Waals surface area contributed by atoms with Crippen molar-refractivity contribution in [2.45, 2.75) is 43.2 Å². The number of anilines is 2. The summed E-state index contributed by atoms with van der Waals surface area (Å²) >= 11 is 12.7. The summed E-state index contributed by atoms with van der Waals surface area (Å²) in [7, 11) is 0. The highest BCUT2D eigenvalue weighted by molar-refractivity contribution is 6.37. The Morgan fingerprint density at radius 1 is 0.974 bits per heavy atom. The minimum atomic E-state index is -1.49. The SMILES string of the molecule is CCc1ccc2c(c1)C1(C(=O)N2)N2CCCC2C(C(=O)c2ccc(Cl)cc2Cl)C12C(=O)Nc1ccccc12. The van der Waals surface area contributed by atoms with Crippen molar-refractivity contribution < 1.29 is 14.4 Å². The summed E-state index contributed by atoms with van der Waals surface area (Å²) in [4.78, 5) is 45.8. The molecule has 7 rings (SSSR count). The fourth-order valence-electron chi connectivity index (χ4n) is 7.70. The first-order valence-corrected chi connectivity index (χ1v) is 13.7. The van der Waals surface area contributed by atoms with Gasteiger partial charge in [-0.15, -0.1) is 0 Å². The summed E-state index contributed by atoms with van der Waals surface area (Å²) < 4.78 is 0.